The average molecular weight is 324 g/mol. The molecule has 0 spiro atoms. The van der Waals surface area contributed by atoms with Crippen molar-refractivity contribution in [2.75, 3.05) is 7.11 Å². The summed E-state index contributed by atoms with van der Waals surface area (Å²) in [6.45, 7) is 1.64. The number of hydrogen-bond donors (Lipinski definition) is 2. The molecule has 0 bridgehead atoms. The number of ketones is 1. The zero-order chi connectivity index (χ0) is 17.3. The van der Waals surface area contributed by atoms with Crippen molar-refractivity contribution in [2.45, 2.75) is 6.92 Å². The van der Waals surface area contributed by atoms with Crippen LogP contribution in [0.25, 0.3) is 5.69 Å². The van der Waals surface area contributed by atoms with Crippen LogP contribution in [0.2, 0.25) is 0 Å². The molecule has 3 aromatic rings. The third-order valence-corrected chi connectivity index (χ3v) is 3.76. The maximum atomic E-state index is 12.8. The van der Waals surface area contributed by atoms with Crippen molar-refractivity contribution in [1.82, 2.24) is 9.78 Å². The summed E-state index contributed by atoms with van der Waals surface area (Å²) in [7, 11) is 1.46. The molecule has 0 fully saturated rings. The Kier molecular flexibility index (Phi) is 3.95. The highest BCUT2D eigenvalue weighted by Crippen LogP contribution is 2.25. The number of carbonyl (C=O) groups is 1. The maximum Gasteiger partial charge on any atom is 0.282 e. The van der Waals surface area contributed by atoms with Gasteiger partial charge in [-0.2, -0.15) is 0 Å². The van der Waals surface area contributed by atoms with Crippen molar-refractivity contribution >= 4 is 5.78 Å². The minimum Gasteiger partial charge on any atom is -0.507 e. The van der Waals surface area contributed by atoms with Gasteiger partial charge in [0.1, 0.15) is 17.1 Å². The quantitative estimate of drug-likeness (QED) is 0.722. The average Bonchev–Trinajstić information content (AvgIpc) is 2.90. The van der Waals surface area contributed by atoms with Crippen molar-refractivity contribution in [3.8, 4) is 17.2 Å². The standard InChI is InChI=1S/C18H16N2O4/c1-11-16(17(22)14-10-13(24-2)8-9-15(14)21)18(23)20(19-11)12-6-4-3-5-7-12/h3-10,19,21H,1-2H3. The number of rotatable bonds is 4. The van der Waals surface area contributed by atoms with E-state index >= 15 is 0 Å². The van der Waals surface area contributed by atoms with Crippen molar-refractivity contribution < 1.29 is 14.6 Å². The summed E-state index contributed by atoms with van der Waals surface area (Å²) in [6.07, 6.45) is 0. The lowest BCUT2D eigenvalue weighted by Crippen LogP contribution is -2.21. The van der Waals surface area contributed by atoms with E-state index in [0.29, 0.717) is 17.1 Å². The fourth-order valence-corrected chi connectivity index (χ4v) is 2.53. The van der Waals surface area contributed by atoms with Gasteiger partial charge < -0.3 is 9.84 Å². The molecule has 0 aliphatic rings. The monoisotopic (exact) mass is 324 g/mol. The number of aromatic amines is 1. The molecule has 2 aromatic carbocycles. The highest BCUT2D eigenvalue weighted by molar-refractivity contribution is 6.11. The van der Waals surface area contributed by atoms with Gasteiger partial charge in [-0.05, 0) is 37.3 Å². The number of aromatic nitrogens is 2. The molecule has 24 heavy (non-hydrogen) atoms. The molecule has 0 saturated heterocycles. The minimum atomic E-state index is -0.556. The Morgan fingerprint density at radius 3 is 2.54 bits per heavy atom. The number of benzene rings is 2. The molecule has 3 rings (SSSR count). The van der Waals surface area contributed by atoms with Gasteiger partial charge in [-0.3, -0.25) is 14.7 Å². The Balaban J connectivity index is 2.13. The first-order chi connectivity index (χ1) is 11.5. The lowest BCUT2D eigenvalue weighted by Gasteiger charge is -2.05. The van der Waals surface area contributed by atoms with Crippen LogP contribution in [0.5, 0.6) is 11.5 Å². The highest BCUT2D eigenvalue weighted by atomic mass is 16.5. The molecular weight excluding hydrogens is 308 g/mol. The second kappa shape index (κ2) is 6.08. The summed E-state index contributed by atoms with van der Waals surface area (Å²) < 4.78 is 6.38. The number of aryl methyl sites for hydroxylation is 1. The summed E-state index contributed by atoms with van der Waals surface area (Å²) in [5.74, 6) is -0.334. The van der Waals surface area contributed by atoms with Crippen LogP contribution >= 0.6 is 0 Å². The number of methoxy groups -OCH3 is 1. The first-order valence-corrected chi connectivity index (χ1v) is 7.31. The van der Waals surface area contributed by atoms with E-state index in [-0.39, 0.29) is 16.9 Å². The summed E-state index contributed by atoms with van der Waals surface area (Å²) >= 11 is 0. The van der Waals surface area contributed by atoms with Crippen molar-refractivity contribution in [3.05, 3.63) is 75.7 Å². The van der Waals surface area contributed by atoms with Gasteiger partial charge in [0.25, 0.3) is 5.56 Å². The van der Waals surface area contributed by atoms with E-state index in [0.717, 1.165) is 0 Å². The lowest BCUT2D eigenvalue weighted by atomic mass is 10.0. The van der Waals surface area contributed by atoms with Gasteiger partial charge in [-0.25, -0.2) is 4.68 Å². The van der Waals surface area contributed by atoms with Crippen LogP contribution in [0.15, 0.2) is 53.3 Å². The van der Waals surface area contributed by atoms with Gasteiger partial charge in [0.05, 0.1) is 18.4 Å². The number of hydrogen-bond acceptors (Lipinski definition) is 4. The van der Waals surface area contributed by atoms with E-state index in [2.05, 4.69) is 5.10 Å². The van der Waals surface area contributed by atoms with Crippen LogP contribution in [-0.4, -0.2) is 27.8 Å². The molecule has 0 atom stereocenters. The number of para-hydroxylation sites is 1. The smallest absolute Gasteiger partial charge is 0.282 e. The third-order valence-electron chi connectivity index (χ3n) is 3.76. The molecule has 0 radical (unpaired) electrons. The molecule has 6 nitrogen and oxygen atoms in total. The summed E-state index contributed by atoms with van der Waals surface area (Å²) in [5.41, 5.74) is 0.595. The zero-order valence-electron chi connectivity index (χ0n) is 13.2. The Labute approximate surface area is 137 Å². The fraction of sp³-hybridized carbons (Fsp3) is 0.111. The minimum absolute atomic E-state index is 0.0117. The molecular formula is C18H16N2O4. The zero-order valence-corrected chi connectivity index (χ0v) is 13.2. The molecule has 1 aromatic heterocycles. The number of carbonyl (C=O) groups excluding carboxylic acids is 1. The van der Waals surface area contributed by atoms with Gasteiger partial charge in [-0.15, -0.1) is 0 Å². The van der Waals surface area contributed by atoms with Crippen molar-refractivity contribution in [2.24, 2.45) is 0 Å². The number of phenolic OH excluding ortho intramolecular Hbond substituents is 1. The molecule has 0 saturated carbocycles. The maximum absolute atomic E-state index is 12.8. The van der Waals surface area contributed by atoms with E-state index in [1.807, 2.05) is 6.07 Å². The first-order valence-electron chi connectivity index (χ1n) is 7.31. The van der Waals surface area contributed by atoms with Crippen molar-refractivity contribution in [3.63, 3.8) is 0 Å². The molecule has 0 aliphatic carbocycles. The molecule has 0 aliphatic heterocycles. The molecule has 122 valence electrons. The predicted molar refractivity (Wildman–Crippen MR) is 89.2 cm³/mol. The van der Waals surface area contributed by atoms with Crippen LogP contribution in [-0.2, 0) is 0 Å². The van der Waals surface area contributed by atoms with E-state index in [1.54, 1.807) is 37.3 Å². The molecule has 2 N–H and O–H groups in total. The second-order valence-electron chi connectivity index (χ2n) is 5.30. The Morgan fingerprint density at radius 2 is 1.88 bits per heavy atom. The molecule has 0 amide bonds. The summed E-state index contributed by atoms with van der Waals surface area (Å²) in [4.78, 5) is 25.4. The van der Waals surface area contributed by atoms with Gasteiger partial charge in [0, 0.05) is 5.69 Å². The van der Waals surface area contributed by atoms with E-state index in [1.165, 1.54) is 23.9 Å². The first kappa shape index (κ1) is 15.6. The number of aromatic hydroxyl groups is 1. The molecule has 0 unspecified atom stereocenters. The Morgan fingerprint density at radius 1 is 1.17 bits per heavy atom. The predicted octanol–water partition coefficient (Wildman–Crippen LogP) is 2.42. The van der Waals surface area contributed by atoms with Crippen LogP contribution in [0, 0.1) is 6.92 Å². The van der Waals surface area contributed by atoms with Crippen LogP contribution in [0.1, 0.15) is 21.6 Å². The number of nitrogens with one attached hydrogen (secondary N) is 1. The van der Waals surface area contributed by atoms with Crippen LogP contribution in [0.4, 0.5) is 0 Å². The number of nitrogens with zero attached hydrogens (tertiary/aromatic N) is 1. The molecule has 1 heterocycles. The number of ether oxygens (including phenoxy) is 1. The van der Waals surface area contributed by atoms with Gasteiger partial charge in [0.2, 0.25) is 5.78 Å². The van der Waals surface area contributed by atoms with E-state index in [9.17, 15) is 14.7 Å². The van der Waals surface area contributed by atoms with Gasteiger partial charge >= 0.3 is 0 Å². The highest BCUT2D eigenvalue weighted by Gasteiger charge is 2.23. The topological polar surface area (TPSA) is 84.3 Å². The summed E-state index contributed by atoms with van der Waals surface area (Å²) in [6, 6.07) is 13.3. The fourth-order valence-electron chi connectivity index (χ4n) is 2.53. The SMILES string of the molecule is COc1ccc(O)c(C(=O)c2c(C)[nH]n(-c3ccccc3)c2=O)c1. The molecule has 6 heteroatoms. The number of phenols is 1. The van der Waals surface area contributed by atoms with E-state index < -0.39 is 11.3 Å². The normalized spacial score (nSPS) is 10.6. The third kappa shape index (κ3) is 2.58. The van der Waals surface area contributed by atoms with Crippen LogP contribution in [0.3, 0.4) is 0 Å². The lowest BCUT2D eigenvalue weighted by molar-refractivity contribution is 0.103. The Hall–Kier alpha value is -3.28. The van der Waals surface area contributed by atoms with Crippen LogP contribution < -0.4 is 10.3 Å². The second-order valence-corrected chi connectivity index (χ2v) is 5.30. The Bertz CT molecular complexity index is 955. The van der Waals surface area contributed by atoms with Gasteiger partial charge in [0.15, 0.2) is 0 Å². The van der Waals surface area contributed by atoms with Gasteiger partial charge in [-0.1, -0.05) is 18.2 Å². The van der Waals surface area contributed by atoms with Crippen molar-refractivity contribution in [1.29, 1.82) is 0 Å². The largest absolute Gasteiger partial charge is 0.507 e. The van der Waals surface area contributed by atoms with E-state index in [4.69, 9.17) is 4.74 Å². The number of H-pyrrole nitrogens is 1. The summed E-state index contributed by atoms with van der Waals surface area (Å²) in [5, 5.41) is 12.9.